The topological polar surface area (TPSA) is 102 Å². The Morgan fingerprint density at radius 3 is 2.63 bits per heavy atom. The number of carbonyl (C=O) groups is 2. The molecule has 8 nitrogen and oxygen atoms in total. The number of aryl methyl sites for hydroxylation is 2. The lowest BCUT2D eigenvalue weighted by atomic mass is 10.2. The number of imidazole rings is 1. The van der Waals surface area contributed by atoms with E-state index in [9.17, 15) is 14.7 Å². The lowest BCUT2D eigenvalue weighted by Crippen LogP contribution is -2.23. The molecular weight excluding hydrogens is 382 g/mol. The maximum absolute atomic E-state index is 12.8. The van der Waals surface area contributed by atoms with Crippen LogP contribution in [-0.4, -0.2) is 36.1 Å². The number of nitrogens with one attached hydrogen (secondary N) is 1. The van der Waals surface area contributed by atoms with Crippen LogP contribution < -0.4 is 5.32 Å². The zero-order chi connectivity index (χ0) is 21.3. The number of benzene rings is 1. The van der Waals surface area contributed by atoms with Gasteiger partial charge in [-0.2, -0.15) is 5.10 Å². The minimum Gasteiger partial charge on any atom is -0.477 e. The van der Waals surface area contributed by atoms with E-state index in [1.807, 2.05) is 44.3 Å². The summed E-state index contributed by atoms with van der Waals surface area (Å²) in [4.78, 5) is 28.8. The first-order valence-electron chi connectivity index (χ1n) is 9.60. The molecule has 0 unspecified atom stereocenters. The summed E-state index contributed by atoms with van der Waals surface area (Å²) >= 11 is 0. The number of carbonyl (C=O) groups excluding carboxylic acids is 1. The third kappa shape index (κ3) is 3.55. The molecule has 1 amide bonds. The predicted octanol–water partition coefficient (Wildman–Crippen LogP) is 3.02. The second-order valence-electron chi connectivity index (χ2n) is 6.99. The molecule has 0 aliphatic rings. The van der Waals surface area contributed by atoms with Crippen molar-refractivity contribution in [3.63, 3.8) is 0 Å². The van der Waals surface area contributed by atoms with Crippen LogP contribution in [0.5, 0.6) is 0 Å². The van der Waals surface area contributed by atoms with Gasteiger partial charge < -0.3 is 10.4 Å². The van der Waals surface area contributed by atoms with E-state index in [1.165, 1.54) is 9.96 Å². The quantitative estimate of drug-likeness (QED) is 0.515. The smallest absolute Gasteiger partial charge is 0.354 e. The minimum absolute atomic E-state index is 0.0847. The van der Waals surface area contributed by atoms with Crippen LogP contribution in [0.15, 0.2) is 55.0 Å². The summed E-state index contributed by atoms with van der Waals surface area (Å²) in [6.45, 7) is 4.15. The molecule has 0 aliphatic heterocycles. The van der Waals surface area contributed by atoms with Crippen molar-refractivity contribution in [2.24, 2.45) is 0 Å². The number of fused-ring (bicyclic) bond motifs is 1. The van der Waals surface area contributed by atoms with Gasteiger partial charge in [0.1, 0.15) is 0 Å². The Balaban J connectivity index is 1.54. The van der Waals surface area contributed by atoms with E-state index in [1.54, 1.807) is 29.2 Å². The molecule has 0 saturated heterocycles. The number of amides is 1. The average Bonchev–Trinajstić information content (AvgIpc) is 3.36. The first-order valence-corrected chi connectivity index (χ1v) is 9.60. The van der Waals surface area contributed by atoms with Crippen molar-refractivity contribution in [2.45, 2.75) is 26.8 Å². The van der Waals surface area contributed by atoms with Gasteiger partial charge in [0.05, 0.1) is 23.1 Å². The summed E-state index contributed by atoms with van der Waals surface area (Å²) in [7, 11) is 0. The Labute approximate surface area is 172 Å². The van der Waals surface area contributed by atoms with Gasteiger partial charge in [-0.1, -0.05) is 24.6 Å². The van der Waals surface area contributed by atoms with Crippen molar-refractivity contribution >= 4 is 17.5 Å². The Hall–Kier alpha value is -3.94. The Morgan fingerprint density at radius 1 is 1.17 bits per heavy atom. The molecule has 4 rings (SSSR count). The van der Waals surface area contributed by atoms with E-state index in [4.69, 9.17) is 0 Å². The third-order valence-corrected chi connectivity index (χ3v) is 4.89. The second-order valence-corrected chi connectivity index (χ2v) is 6.99. The largest absolute Gasteiger partial charge is 0.477 e. The molecular formula is C22H21N5O3. The van der Waals surface area contributed by atoms with Gasteiger partial charge in [0.15, 0.2) is 11.3 Å². The first kappa shape index (κ1) is 19.4. The van der Waals surface area contributed by atoms with E-state index in [0.29, 0.717) is 29.9 Å². The van der Waals surface area contributed by atoms with Crippen LogP contribution in [0.1, 0.15) is 44.6 Å². The Kier molecular flexibility index (Phi) is 5.05. The summed E-state index contributed by atoms with van der Waals surface area (Å²) < 4.78 is 3.20. The molecule has 0 bridgehead atoms. The van der Waals surface area contributed by atoms with Gasteiger partial charge in [-0.15, -0.1) is 0 Å². The van der Waals surface area contributed by atoms with Gasteiger partial charge in [0, 0.05) is 24.5 Å². The fourth-order valence-corrected chi connectivity index (χ4v) is 3.33. The number of carboxylic acids is 1. The van der Waals surface area contributed by atoms with Crippen molar-refractivity contribution in [1.29, 1.82) is 0 Å². The van der Waals surface area contributed by atoms with Crippen molar-refractivity contribution in [3.05, 3.63) is 83.1 Å². The molecule has 0 fully saturated rings. The number of carboxylic acid groups (broad SMARTS) is 1. The van der Waals surface area contributed by atoms with Gasteiger partial charge in [-0.05, 0) is 37.6 Å². The molecule has 4 aromatic rings. The molecule has 0 saturated carbocycles. The van der Waals surface area contributed by atoms with Crippen molar-refractivity contribution in [3.8, 4) is 5.69 Å². The minimum atomic E-state index is -1.07. The fraction of sp³-hybridized carbons (Fsp3) is 0.182. The van der Waals surface area contributed by atoms with Gasteiger partial charge >= 0.3 is 5.97 Å². The summed E-state index contributed by atoms with van der Waals surface area (Å²) in [6, 6.07) is 11.3. The lowest BCUT2D eigenvalue weighted by Gasteiger charge is -2.06. The van der Waals surface area contributed by atoms with Crippen molar-refractivity contribution < 1.29 is 14.7 Å². The average molecular weight is 403 g/mol. The molecule has 0 spiro atoms. The third-order valence-electron chi connectivity index (χ3n) is 4.89. The molecule has 3 heterocycles. The van der Waals surface area contributed by atoms with Crippen LogP contribution >= 0.6 is 0 Å². The van der Waals surface area contributed by atoms with Gasteiger partial charge in [-0.3, -0.25) is 9.20 Å². The van der Waals surface area contributed by atoms with Gasteiger partial charge in [0.25, 0.3) is 5.91 Å². The maximum atomic E-state index is 12.8. The number of aromatic nitrogens is 4. The maximum Gasteiger partial charge on any atom is 0.354 e. The van der Waals surface area contributed by atoms with Crippen LogP contribution in [0.4, 0.5) is 0 Å². The Bertz CT molecular complexity index is 1240. The summed E-state index contributed by atoms with van der Waals surface area (Å²) in [6.07, 6.45) is 5.63. The highest BCUT2D eigenvalue weighted by atomic mass is 16.4. The molecule has 3 aromatic heterocycles. The SMILES string of the molecule is CCc1nc2c(C(=O)NCc3cnn(-c4ccc(C)cc4)c3)cccn2c1C(=O)O. The van der Waals surface area contributed by atoms with Crippen LogP contribution in [0.2, 0.25) is 0 Å². The van der Waals surface area contributed by atoms with E-state index < -0.39 is 5.97 Å². The van der Waals surface area contributed by atoms with Crippen LogP contribution in [0.3, 0.4) is 0 Å². The van der Waals surface area contributed by atoms with Crippen LogP contribution in [0.25, 0.3) is 11.3 Å². The molecule has 2 N–H and O–H groups in total. The normalized spacial score (nSPS) is 11.0. The number of nitrogens with zero attached hydrogens (tertiary/aromatic N) is 4. The number of hydrogen-bond acceptors (Lipinski definition) is 4. The van der Waals surface area contributed by atoms with Crippen molar-refractivity contribution in [2.75, 3.05) is 0 Å². The van der Waals surface area contributed by atoms with E-state index in [2.05, 4.69) is 15.4 Å². The van der Waals surface area contributed by atoms with Crippen LogP contribution in [-0.2, 0) is 13.0 Å². The summed E-state index contributed by atoms with van der Waals surface area (Å²) in [5, 5.41) is 16.7. The molecule has 30 heavy (non-hydrogen) atoms. The molecule has 0 aliphatic carbocycles. The lowest BCUT2D eigenvalue weighted by molar-refractivity contribution is 0.0687. The van der Waals surface area contributed by atoms with Crippen LogP contribution in [0, 0.1) is 6.92 Å². The highest BCUT2D eigenvalue weighted by Crippen LogP contribution is 2.18. The van der Waals surface area contributed by atoms with Gasteiger partial charge in [0.2, 0.25) is 0 Å². The summed E-state index contributed by atoms with van der Waals surface area (Å²) in [5.41, 5.74) is 4.14. The van der Waals surface area contributed by atoms with E-state index >= 15 is 0 Å². The molecule has 152 valence electrons. The summed E-state index contributed by atoms with van der Waals surface area (Å²) in [5.74, 6) is -1.39. The highest BCUT2D eigenvalue weighted by molar-refractivity contribution is 6.01. The Morgan fingerprint density at radius 2 is 1.93 bits per heavy atom. The number of pyridine rings is 1. The van der Waals surface area contributed by atoms with Gasteiger partial charge in [-0.25, -0.2) is 14.5 Å². The molecule has 1 aromatic carbocycles. The number of aromatic carboxylic acids is 1. The van der Waals surface area contributed by atoms with E-state index in [-0.39, 0.29) is 11.6 Å². The standard InChI is InChI=1S/C22H21N5O3/c1-3-18-19(22(29)30)26-10-4-5-17(20(26)25-18)21(28)23-11-15-12-24-27(13-15)16-8-6-14(2)7-9-16/h4-10,12-13H,3,11H2,1-2H3,(H,23,28)(H,29,30). The molecule has 0 radical (unpaired) electrons. The number of hydrogen-bond donors (Lipinski definition) is 2. The first-order chi connectivity index (χ1) is 14.5. The fourth-order valence-electron chi connectivity index (χ4n) is 3.33. The number of rotatable bonds is 6. The van der Waals surface area contributed by atoms with Crippen molar-refractivity contribution in [1.82, 2.24) is 24.5 Å². The predicted molar refractivity (Wildman–Crippen MR) is 111 cm³/mol. The zero-order valence-corrected chi connectivity index (χ0v) is 16.7. The highest BCUT2D eigenvalue weighted by Gasteiger charge is 2.21. The second kappa shape index (κ2) is 7.82. The monoisotopic (exact) mass is 403 g/mol. The van der Waals surface area contributed by atoms with E-state index in [0.717, 1.165) is 11.3 Å². The zero-order valence-electron chi connectivity index (χ0n) is 16.7. The molecule has 0 atom stereocenters. The molecule has 8 heteroatoms.